The molecule has 0 aromatic heterocycles. The van der Waals surface area contributed by atoms with E-state index in [9.17, 15) is 5.11 Å². The lowest BCUT2D eigenvalue weighted by Crippen LogP contribution is -2.05. The third kappa shape index (κ3) is 1.32. The van der Waals surface area contributed by atoms with Crippen LogP contribution in [0.4, 0.5) is 0 Å². The van der Waals surface area contributed by atoms with Gasteiger partial charge in [0.05, 0.1) is 0 Å². The summed E-state index contributed by atoms with van der Waals surface area (Å²) in [6, 6.07) is 2.15. The Kier molecular flexibility index (Phi) is 2.03. The summed E-state index contributed by atoms with van der Waals surface area (Å²) >= 11 is 0. The molecule has 1 N–H and O–H groups in total. The number of fused-ring (bicyclic) bond motifs is 1. The molecule has 0 saturated heterocycles. The van der Waals surface area contributed by atoms with Gasteiger partial charge in [-0.2, -0.15) is 0 Å². The van der Waals surface area contributed by atoms with Crippen molar-refractivity contribution in [2.24, 2.45) is 0 Å². The molecule has 2 rings (SSSR count). The summed E-state index contributed by atoms with van der Waals surface area (Å²) in [7, 11) is 0. The van der Waals surface area contributed by atoms with Crippen molar-refractivity contribution in [1.29, 1.82) is 0 Å². The van der Waals surface area contributed by atoms with Gasteiger partial charge in [-0.05, 0) is 61.8 Å². The molecule has 1 aromatic carbocycles. The number of benzene rings is 1. The first-order chi connectivity index (χ1) is 6.20. The van der Waals surface area contributed by atoms with Crippen molar-refractivity contribution in [3.8, 4) is 5.75 Å². The highest BCUT2D eigenvalue weighted by molar-refractivity contribution is 5.49. The zero-order chi connectivity index (χ0) is 9.42. The molecule has 1 aliphatic rings. The van der Waals surface area contributed by atoms with E-state index in [4.69, 9.17) is 0 Å². The maximum atomic E-state index is 9.76. The normalized spacial score (nSPS) is 15.5. The van der Waals surface area contributed by atoms with Crippen molar-refractivity contribution in [1.82, 2.24) is 0 Å². The number of aryl methyl sites for hydroxylation is 2. The Balaban J connectivity index is 2.60. The van der Waals surface area contributed by atoms with Crippen LogP contribution in [0.2, 0.25) is 0 Å². The lowest BCUT2D eigenvalue weighted by atomic mass is 9.87. The third-order valence-electron chi connectivity index (χ3n) is 3.08. The van der Waals surface area contributed by atoms with E-state index >= 15 is 0 Å². The van der Waals surface area contributed by atoms with E-state index in [2.05, 4.69) is 6.07 Å². The summed E-state index contributed by atoms with van der Waals surface area (Å²) in [6.45, 7) is 4.02. The minimum absolute atomic E-state index is 0.501. The van der Waals surface area contributed by atoms with Crippen LogP contribution in [0.15, 0.2) is 6.07 Å². The molecule has 0 fully saturated rings. The topological polar surface area (TPSA) is 20.2 Å². The van der Waals surface area contributed by atoms with Crippen LogP contribution >= 0.6 is 0 Å². The minimum atomic E-state index is 0.501. The van der Waals surface area contributed by atoms with Gasteiger partial charge in [0.25, 0.3) is 0 Å². The second kappa shape index (κ2) is 3.06. The lowest BCUT2D eigenvalue weighted by molar-refractivity contribution is 0.464. The van der Waals surface area contributed by atoms with Gasteiger partial charge >= 0.3 is 0 Å². The molecule has 0 bridgehead atoms. The van der Waals surface area contributed by atoms with Crippen LogP contribution < -0.4 is 0 Å². The van der Waals surface area contributed by atoms with E-state index in [0.29, 0.717) is 5.75 Å². The fourth-order valence-electron chi connectivity index (χ4n) is 2.28. The molecule has 13 heavy (non-hydrogen) atoms. The van der Waals surface area contributed by atoms with Gasteiger partial charge in [-0.15, -0.1) is 0 Å². The number of hydrogen-bond acceptors (Lipinski definition) is 1. The molecule has 0 unspecified atom stereocenters. The maximum Gasteiger partial charge on any atom is 0.121 e. The standard InChI is InChI=1S/C12H16O/c1-8-7-10-5-3-4-6-11(10)9(2)12(8)13/h7,13H,3-6H2,1-2H3. The lowest BCUT2D eigenvalue weighted by Gasteiger charge is -2.20. The number of phenolic OH excluding ortho intramolecular Hbond substituents is 1. The molecule has 0 radical (unpaired) electrons. The average molecular weight is 176 g/mol. The first-order valence-corrected chi connectivity index (χ1v) is 5.01. The summed E-state index contributed by atoms with van der Waals surface area (Å²) in [5.74, 6) is 0.501. The molecule has 0 amide bonds. The van der Waals surface area contributed by atoms with E-state index in [1.807, 2.05) is 13.8 Å². The molecular weight excluding hydrogens is 160 g/mol. The first-order valence-electron chi connectivity index (χ1n) is 5.01. The van der Waals surface area contributed by atoms with E-state index in [1.54, 1.807) is 0 Å². The molecule has 0 saturated carbocycles. The minimum Gasteiger partial charge on any atom is -0.507 e. The number of aromatic hydroxyl groups is 1. The molecule has 1 aromatic rings. The summed E-state index contributed by atoms with van der Waals surface area (Å²) in [4.78, 5) is 0. The molecule has 70 valence electrons. The first kappa shape index (κ1) is 8.61. The fourth-order valence-corrected chi connectivity index (χ4v) is 2.28. The molecule has 0 spiro atoms. The Morgan fingerprint density at radius 3 is 2.62 bits per heavy atom. The summed E-state index contributed by atoms with van der Waals surface area (Å²) in [6.07, 6.45) is 4.92. The Labute approximate surface area is 79.4 Å². The van der Waals surface area contributed by atoms with Crippen molar-refractivity contribution < 1.29 is 5.11 Å². The summed E-state index contributed by atoms with van der Waals surface area (Å²) in [5.41, 5.74) is 4.99. The van der Waals surface area contributed by atoms with Crippen molar-refractivity contribution in [2.75, 3.05) is 0 Å². The van der Waals surface area contributed by atoms with Crippen molar-refractivity contribution >= 4 is 0 Å². The highest BCUT2D eigenvalue weighted by Crippen LogP contribution is 2.32. The molecular formula is C12H16O. The van der Waals surface area contributed by atoms with Gasteiger partial charge < -0.3 is 5.11 Å². The zero-order valence-electron chi connectivity index (χ0n) is 8.35. The maximum absolute atomic E-state index is 9.76. The van der Waals surface area contributed by atoms with Gasteiger partial charge in [0, 0.05) is 0 Å². The monoisotopic (exact) mass is 176 g/mol. The van der Waals surface area contributed by atoms with E-state index < -0.39 is 0 Å². The SMILES string of the molecule is Cc1cc2c(c(C)c1O)CCCC2. The van der Waals surface area contributed by atoms with Crippen LogP contribution in [0.1, 0.15) is 35.1 Å². The second-order valence-corrected chi connectivity index (χ2v) is 4.01. The highest BCUT2D eigenvalue weighted by Gasteiger charge is 2.15. The molecule has 0 atom stereocenters. The van der Waals surface area contributed by atoms with Crippen LogP contribution in [0, 0.1) is 13.8 Å². The van der Waals surface area contributed by atoms with Crippen LogP contribution in [0.5, 0.6) is 5.75 Å². The predicted molar refractivity (Wildman–Crippen MR) is 54.2 cm³/mol. The van der Waals surface area contributed by atoms with Gasteiger partial charge in [-0.1, -0.05) is 6.07 Å². The number of phenols is 1. The predicted octanol–water partition coefficient (Wildman–Crippen LogP) is 2.89. The van der Waals surface area contributed by atoms with Crippen LogP contribution in [-0.2, 0) is 12.8 Å². The van der Waals surface area contributed by atoms with Crippen LogP contribution in [0.25, 0.3) is 0 Å². The Bertz CT molecular complexity index is 339. The van der Waals surface area contributed by atoms with E-state index in [1.165, 1.54) is 30.4 Å². The quantitative estimate of drug-likeness (QED) is 0.644. The Morgan fingerprint density at radius 1 is 1.15 bits per heavy atom. The van der Waals surface area contributed by atoms with E-state index in [-0.39, 0.29) is 0 Å². The molecule has 1 aliphatic carbocycles. The van der Waals surface area contributed by atoms with E-state index in [0.717, 1.165) is 17.5 Å². The van der Waals surface area contributed by atoms with Gasteiger partial charge in [-0.25, -0.2) is 0 Å². The van der Waals surface area contributed by atoms with Gasteiger partial charge in [0.2, 0.25) is 0 Å². The third-order valence-corrected chi connectivity index (χ3v) is 3.08. The molecule has 1 nitrogen and oxygen atoms in total. The van der Waals surface area contributed by atoms with Crippen LogP contribution in [-0.4, -0.2) is 5.11 Å². The van der Waals surface area contributed by atoms with Crippen molar-refractivity contribution in [3.05, 3.63) is 28.3 Å². The fraction of sp³-hybridized carbons (Fsp3) is 0.500. The van der Waals surface area contributed by atoms with Gasteiger partial charge in [0.1, 0.15) is 5.75 Å². The largest absolute Gasteiger partial charge is 0.507 e. The summed E-state index contributed by atoms with van der Waals surface area (Å²) < 4.78 is 0. The van der Waals surface area contributed by atoms with Gasteiger partial charge in [0.15, 0.2) is 0 Å². The average Bonchev–Trinajstić information content (AvgIpc) is 2.15. The molecule has 1 heteroatoms. The zero-order valence-corrected chi connectivity index (χ0v) is 8.35. The van der Waals surface area contributed by atoms with Crippen molar-refractivity contribution in [2.45, 2.75) is 39.5 Å². The number of rotatable bonds is 0. The highest BCUT2D eigenvalue weighted by atomic mass is 16.3. The smallest absolute Gasteiger partial charge is 0.121 e. The number of hydrogen-bond donors (Lipinski definition) is 1. The van der Waals surface area contributed by atoms with Gasteiger partial charge in [-0.3, -0.25) is 0 Å². The second-order valence-electron chi connectivity index (χ2n) is 4.01. The molecule has 0 heterocycles. The summed E-state index contributed by atoms with van der Waals surface area (Å²) in [5, 5.41) is 9.76. The molecule has 0 aliphatic heterocycles. The van der Waals surface area contributed by atoms with Crippen molar-refractivity contribution in [3.63, 3.8) is 0 Å². The van der Waals surface area contributed by atoms with Crippen LogP contribution in [0.3, 0.4) is 0 Å². The Morgan fingerprint density at radius 2 is 1.85 bits per heavy atom. The Hall–Kier alpha value is -0.980.